The Morgan fingerprint density at radius 1 is 1.30 bits per heavy atom. The number of likely N-dealkylation sites (tertiary alicyclic amines) is 1. The summed E-state index contributed by atoms with van der Waals surface area (Å²) in [6.07, 6.45) is 5.28. The molecular formula is C17H25BrN2. The van der Waals surface area contributed by atoms with Gasteiger partial charge in [-0.25, -0.2) is 0 Å². The van der Waals surface area contributed by atoms with Gasteiger partial charge in [0.25, 0.3) is 0 Å². The molecule has 0 bridgehead atoms. The number of nitrogens with one attached hydrogen (secondary N) is 1. The predicted octanol–water partition coefficient (Wildman–Crippen LogP) is 4.12. The van der Waals surface area contributed by atoms with Crippen LogP contribution in [0.3, 0.4) is 0 Å². The van der Waals surface area contributed by atoms with Gasteiger partial charge in [-0.15, -0.1) is 0 Å². The van der Waals surface area contributed by atoms with E-state index in [1.807, 2.05) is 0 Å². The zero-order chi connectivity index (χ0) is 14.1. The van der Waals surface area contributed by atoms with Crippen molar-refractivity contribution in [3.63, 3.8) is 0 Å². The van der Waals surface area contributed by atoms with Gasteiger partial charge in [-0.3, -0.25) is 4.90 Å². The minimum Gasteiger partial charge on any atom is -0.306 e. The fourth-order valence-electron chi connectivity index (χ4n) is 3.52. The van der Waals surface area contributed by atoms with E-state index in [1.165, 1.54) is 31.4 Å². The largest absolute Gasteiger partial charge is 0.306 e. The molecule has 0 amide bonds. The molecular weight excluding hydrogens is 312 g/mol. The molecule has 110 valence electrons. The molecule has 1 heterocycles. The molecule has 1 saturated heterocycles. The lowest BCUT2D eigenvalue weighted by Crippen LogP contribution is -2.36. The smallest absolute Gasteiger partial charge is 0.0320 e. The number of nitrogens with zero attached hydrogens (tertiary/aromatic N) is 1. The van der Waals surface area contributed by atoms with Crippen LogP contribution >= 0.6 is 15.9 Å². The first-order valence-corrected chi connectivity index (χ1v) is 8.74. The Hall–Kier alpha value is -0.380. The van der Waals surface area contributed by atoms with Crippen LogP contribution in [0.15, 0.2) is 28.7 Å². The summed E-state index contributed by atoms with van der Waals surface area (Å²) in [6, 6.07) is 11.6. The Balaban J connectivity index is 1.62. The lowest BCUT2D eigenvalue weighted by Gasteiger charge is -2.23. The average molecular weight is 337 g/mol. The Kier molecular flexibility index (Phi) is 4.49. The molecule has 1 aromatic rings. The van der Waals surface area contributed by atoms with Crippen molar-refractivity contribution in [3.8, 4) is 0 Å². The van der Waals surface area contributed by atoms with E-state index in [0.717, 1.165) is 23.0 Å². The third kappa shape index (κ3) is 3.26. The molecule has 1 aliphatic carbocycles. The van der Waals surface area contributed by atoms with Gasteiger partial charge < -0.3 is 5.32 Å². The molecule has 0 radical (unpaired) electrons. The monoisotopic (exact) mass is 336 g/mol. The first kappa shape index (κ1) is 14.6. The maximum absolute atomic E-state index is 3.89. The molecule has 1 N–H and O–H groups in total. The fourth-order valence-corrected chi connectivity index (χ4v) is 3.79. The van der Waals surface area contributed by atoms with Gasteiger partial charge in [0.1, 0.15) is 0 Å². The normalized spacial score (nSPS) is 28.8. The van der Waals surface area contributed by atoms with Gasteiger partial charge in [-0.2, -0.15) is 0 Å². The van der Waals surface area contributed by atoms with Gasteiger partial charge >= 0.3 is 0 Å². The summed E-state index contributed by atoms with van der Waals surface area (Å²) in [6.45, 7) is 5.90. The summed E-state index contributed by atoms with van der Waals surface area (Å²) in [7, 11) is 0. The maximum atomic E-state index is 3.89. The highest BCUT2D eigenvalue weighted by atomic mass is 79.9. The molecule has 3 rings (SSSR count). The molecule has 0 aromatic heterocycles. The molecule has 1 saturated carbocycles. The van der Waals surface area contributed by atoms with Gasteiger partial charge in [0, 0.05) is 35.2 Å². The zero-order valence-electron chi connectivity index (χ0n) is 12.5. The number of benzene rings is 1. The van der Waals surface area contributed by atoms with E-state index in [0.29, 0.717) is 12.1 Å². The molecule has 1 aromatic carbocycles. The van der Waals surface area contributed by atoms with E-state index >= 15 is 0 Å². The molecule has 2 aliphatic rings. The van der Waals surface area contributed by atoms with Crippen LogP contribution in [0.5, 0.6) is 0 Å². The summed E-state index contributed by atoms with van der Waals surface area (Å²) < 4.78 is 1.16. The summed E-state index contributed by atoms with van der Waals surface area (Å²) in [5.41, 5.74) is 1.41. The minimum atomic E-state index is 0.486. The van der Waals surface area contributed by atoms with E-state index in [-0.39, 0.29) is 0 Å². The van der Waals surface area contributed by atoms with E-state index in [9.17, 15) is 0 Å². The summed E-state index contributed by atoms with van der Waals surface area (Å²) in [5, 5.41) is 3.89. The highest BCUT2D eigenvalue weighted by molar-refractivity contribution is 9.10. The molecule has 2 nitrogen and oxygen atoms in total. The van der Waals surface area contributed by atoms with Crippen molar-refractivity contribution in [1.82, 2.24) is 10.2 Å². The van der Waals surface area contributed by atoms with E-state index < -0.39 is 0 Å². The number of hydrogen-bond donors (Lipinski definition) is 1. The zero-order valence-corrected chi connectivity index (χ0v) is 14.1. The number of rotatable bonds is 5. The fraction of sp³-hybridized carbons (Fsp3) is 0.647. The molecule has 3 heteroatoms. The molecule has 2 fully saturated rings. The first-order valence-electron chi connectivity index (χ1n) is 7.94. The average Bonchev–Trinajstić information content (AvgIpc) is 3.21. The Labute approximate surface area is 131 Å². The second-order valence-corrected chi connectivity index (χ2v) is 7.30. The van der Waals surface area contributed by atoms with Crippen LogP contribution in [0.1, 0.15) is 51.1 Å². The maximum Gasteiger partial charge on any atom is 0.0320 e. The summed E-state index contributed by atoms with van der Waals surface area (Å²) in [5.74, 6) is 0. The van der Waals surface area contributed by atoms with Crippen LogP contribution in [0.4, 0.5) is 0 Å². The van der Waals surface area contributed by atoms with Gasteiger partial charge in [0.15, 0.2) is 0 Å². The Morgan fingerprint density at radius 3 is 2.60 bits per heavy atom. The third-order valence-corrected chi connectivity index (χ3v) is 5.29. The van der Waals surface area contributed by atoms with Crippen LogP contribution in [0, 0.1) is 0 Å². The minimum absolute atomic E-state index is 0.486. The number of hydrogen-bond acceptors (Lipinski definition) is 2. The van der Waals surface area contributed by atoms with Gasteiger partial charge in [0.2, 0.25) is 0 Å². The van der Waals surface area contributed by atoms with Gasteiger partial charge in [-0.05, 0) is 50.3 Å². The molecule has 3 unspecified atom stereocenters. The van der Waals surface area contributed by atoms with Crippen molar-refractivity contribution in [2.75, 3.05) is 6.54 Å². The topological polar surface area (TPSA) is 15.3 Å². The lowest BCUT2D eigenvalue weighted by atomic mass is 10.0. The van der Waals surface area contributed by atoms with E-state index in [2.05, 4.69) is 64.3 Å². The highest BCUT2D eigenvalue weighted by Crippen LogP contribution is 2.34. The van der Waals surface area contributed by atoms with Crippen molar-refractivity contribution in [1.29, 1.82) is 0 Å². The molecule has 1 aliphatic heterocycles. The van der Waals surface area contributed by atoms with Crippen molar-refractivity contribution in [2.45, 2.75) is 63.7 Å². The van der Waals surface area contributed by atoms with Crippen LogP contribution in [-0.4, -0.2) is 29.6 Å². The Bertz CT molecular complexity index is 441. The quantitative estimate of drug-likeness (QED) is 0.870. The first-order chi connectivity index (χ1) is 9.67. The molecule has 3 atom stereocenters. The third-order valence-electron chi connectivity index (χ3n) is 4.76. The van der Waals surface area contributed by atoms with Gasteiger partial charge in [0.05, 0.1) is 0 Å². The second kappa shape index (κ2) is 6.17. The van der Waals surface area contributed by atoms with Crippen LogP contribution in [0.2, 0.25) is 0 Å². The summed E-state index contributed by atoms with van der Waals surface area (Å²) in [4.78, 5) is 2.71. The van der Waals surface area contributed by atoms with E-state index in [4.69, 9.17) is 0 Å². The second-order valence-electron chi connectivity index (χ2n) is 6.39. The lowest BCUT2D eigenvalue weighted by molar-refractivity contribution is 0.253. The molecule has 0 spiro atoms. The van der Waals surface area contributed by atoms with Gasteiger partial charge in [-0.1, -0.05) is 35.0 Å². The standard InChI is InChI=1S/C17H25BrN2/c1-3-17(13-4-6-14(18)7-5-13)19-15-10-12(2)20(11-15)16-8-9-16/h4-7,12,15-17,19H,3,8-11H2,1-2H3. The predicted molar refractivity (Wildman–Crippen MR) is 87.9 cm³/mol. The van der Waals surface area contributed by atoms with Crippen LogP contribution < -0.4 is 5.32 Å². The SMILES string of the molecule is CCC(NC1CC(C)N(C2CC2)C1)c1ccc(Br)cc1. The van der Waals surface area contributed by atoms with Crippen molar-refractivity contribution >= 4 is 15.9 Å². The van der Waals surface area contributed by atoms with Crippen LogP contribution in [-0.2, 0) is 0 Å². The van der Waals surface area contributed by atoms with E-state index in [1.54, 1.807) is 0 Å². The van der Waals surface area contributed by atoms with Crippen molar-refractivity contribution in [2.24, 2.45) is 0 Å². The molecule has 20 heavy (non-hydrogen) atoms. The highest BCUT2D eigenvalue weighted by Gasteiger charge is 2.39. The van der Waals surface area contributed by atoms with Crippen LogP contribution in [0.25, 0.3) is 0 Å². The van der Waals surface area contributed by atoms with Crippen molar-refractivity contribution < 1.29 is 0 Å². The number of halogens is 1. The summed E-state index contributed by atoms with van der Waals surface area (Å²) >= 11 is 3.52. The van der Waals surface area contributed by atoms with Crippen molar-refractivity contribution in [3.05, 3.63) is 34.3 Å². The Morgan fingerprint density at radius 2 is 2.00 bits per heavy atom.